The second-order valence-electron chi connectivity index (χ2n) is 7.60. The molecule has 0 bridgehead atoms. The fourth-order valence-corrected chi connectivity index (χ4v) is 4.02. The lowest BCUT2D eigenvalue weighted by Crippen LogP contribution is -2.36. The molecule has 0 spiro atoms. The molecule has 0 saturated carbocycles. The lowest BCUT2D eigenvalue weighted by molar-refractivity contribution is 0.122. The Bertz CT molecular complexity index is 795. The Hall–Kier alpha value is -2.04. The number of hydrogen-bond acceptors (Lipinski definition) is 4. The van der Waals surface area contributed by atoms with E-state index in [-0.39, 0.29) is 5.41 Å². The van der Waals surface area contributed by atoms with Crippen LogP contribution in [0, 0.1) is 0 Å². The van der Waals surface area contributed by atoms with Crippen molar-refractivity contribution in [1.29, 1.82) is 0 Å². The van der Waals surface area contributed by atoms with Crippen LogP contribution in [0.15, 0.2) is 36.4 Å². The molecule has 4 rings (SSSR count). The van der Waals surface area contributed by atoms with Crippen molar-refractivity contribution in [3.8, 4) is 0 Å². The summed E-state index contributed by atoms with van der Waals surface area (Å²) in [6.45, 7) is 11.6. The van der Waals surface area contributed by atoms with Crippen LogP contribution in [0.1, 0.15) is 37.5 Å². The molecule has 26 heavy (non-hydrogen) atoms. The van der Waals surface area contributed by atoms with Crippen molar-refractivity contribution in [2.75, 3.05) is 43.1 Å². The Morgan fingerprint density at radius 3 is 2.62 bits per heavy atom. The summed E-state index contributed by atoms with van der Waals surface area (Å²) in [7, 11) is 0. The number of morpholine rings is 1. The summed E-state index contributed by atoms with van der Waals surface area (Å²) in [4.78, 5) is 2.40. The maximum absolute atomic E-state index is 5.59. The topological polar surface area (TPSA) is 33.7 Å². The summed E-state index contributed by atoms with van der Waals surface area (Å²) in [5, 5.41) is 3.66. The highest BCUT2D eigenvalue weighted by Gasteiger charge is 2.33. The molecule has 1 N–H and O–H groups in total. The quantitative estimate of drug-likeness (QED) is 0.882. The van der Waals surface area contributed by atoms with Crippen LogP contribution in [-0.4, -0.2) is 32.9 Å². The molecule has 2 aromatic rings. The number of rotatable bonds is 4. The van der Waals surface area contributed by atoms with Gasteiger partial charge in [0.2, 0.25) is 0 Å². The van der Waals surface area contributed by atoms with Crippen molar-refractivity contribution in [2.45, 2.75) is 32.8 Å². The number of anilines is 3. The number of nitrogens with one attached hydrogen (secondary N) is 1. The van der Waals surface area contributed by atoms with Crippen molar-refractivity contribution in [3.63, 3.8) is 0 Å². The first-order chi connectivity index (χ1) is 12.6. The van der Waals surface area contributed by atoms with E-state index in [0.717, 1.165) is 32.9 Å². The van der Waals surface area contributed by atoms with Crippen molar-refractivity contribution in [1.82, 2.24) is 0 Å². The molecule has 4 nitrogen and oxygen atoms in total. The first-order valence-electron chi connectivity index (χ1n) is 9.55. The fourth-order valence-electron chi connectivity index (χ4n) is 4.02. The smallest absolute Gasteiger partial charge is 0.0716 e. The summed E-state index contributed by atoms with van der Waals surface area (Å²) in [6, 6.07) is 13.5. The normalized spacial score (nSPS) is 18.0. The van der Waals surface area contributed by atoms with Crippen LogP contribution in [0.4, 0.5) is 17.1 Å². The molecule has 1 fully saturated rings. The van der Waals surface area contributed by atoms with E-state index >= 15 is 0 Å². The minimum Gasteiger partial charge on any atom is -0.378 e. The van der Waals surface area contributed by atoms with E-state index in [9.17, 15) is 0 Å². The molecule has 2 aliphatic heterocycles. The number of ether oxygens (including phenoxy) is 2. The van der Waals surface area contributed by atoms with E-state index < -0.39 is 0 Å². The van der Waals surface area contributed by atoms with Gasteiger partial charge in [0.15, 0.2) is 0 Å². The van der Waals surface area contributed by atoms with E-state index in [1.54, 1.807) is 0 Å². The third-order valence-electron chi connectivity index (χ3n) is 5.55. The van der Waals surface area contributed by atoms with Gasteiger partial charge in [-0.15, -0.1) is 0 Å². The second-order valence-corrected chi connectivity index (χ2v) is 7.60. The Morgan fingerprint density at radius 1 is 1.04 bits per heavy atom. The maximum atomic E-state index is 5.59. The van der Waals surface area contributed by atoms with Crippen LogP contribution in [0.25, 0.3) is 0 Å². The molecule has 0 aliphatic carbocycles. The van der Waals surface area contributed by atoms with Crippen LogP contribution in [0.2, 0.25) is 0 Å². The van der Waals surface area contributed by atoms with Crippen LogP contribution in [0.5, 0.6) is 0 Å². The third-order valence-corrected chi connectivity index (χ3v) is 5.55. The summed E-state index contributed by atoms with van der Waals surface area (Å²) >= 11 is 0. The van der Waals surface area contributed by atoms with Crippen LogP contribution in [-0.2, 0) is 21.5 Å². The lowest BCUT2D eigenvalue weighted by atomic mass is 9.74. The Morgan fingerprint density at radius 2 is 1.85 bits per heavy atom. The highest BCUT2D eigenvalue weighted by Crippen LogP contribution is 2.46. The van der Waals surface area contributed by atoms with E-state index in [1.807, 2.05) is 6.92 Å². The zero-order valence-electron chi connectivity index (χ0n) is 16.0. The molecule has 138 valence electrons. The predicted molar refractivity (Wildman–Crippen MR) is 107 cm³/mol. The molecule has 0 amide bonds. The van der Waals surface area contributed by atoms with Crippen molar-refractivity contribution >= 4 is 17.1 Å². The molecule has 2 aromatic carbocycles. The molecule has 0 unspecified atom stereocenters. The largest absolute Gasteiger partial charge is 0.378 e. The third kappa shape index (κ3) is 3.08. The van der Waals surface area contributed by atoms with Gasteiger partial charge in [-0.3, -0.25) is 0 Å². The Balaban J connectivity index is 1.68. The van der Waals surface area contributed by atoms with E-state index in [2.05, 4.69) is 60.5 Å². The number of nitrogens with zero attached hydrogens (tertiary/aromatic N) is 1. The van der Waals surface area contributed by atoms with Gasteiger partial charge in [0, 0.05) is 42.2 Å². The van der Waals surface area contributed by atoms with Gasteiger partial charge in [-0.05, 0) is 41.8 Å². The summed E-state index contributed by atoms with van der Waals surface area (Å²) in [6.07, 6.45) is 0. The van der Waals surface area contributed by atoms with Crippen LogP contribution in [0.3, 0.4) is 0 Å². The van der Waals surface area contributed by atoms with Crippen molar-refractivity contribution in [2.24, 2.45) is 0 Å². The van der Waals surface area contributed by atoms with Gasteiger partial charge in [-0.2, -0.15) is 0 Å². The molecule has 0 atom stereocenters. The maximum Gasteiger partial charge on any atom is 0.0716 e. The minimum atomic E-state index is -0.0400. The molecule has 4 heteroatoms. The summed E-state index contributed by atoms with van der Waals surface area (Å²) < 4.78 is 11.1. The summed E-state index contributed by atoms with van der Waals surface area (Å²) in [5.74, 6) is 0. The first-order valence-corrected chi connectivity index (χ1v) is 9.55. The Kier molecular flexibility index (Phi) is 4.63. The van der Waals surface area contributed by atoms with Crippen molar-refractivity contribution < 1.29 is 9.47 Å². The Labute approximate surface area is 156 Å². The number of hydrogen-bond donors (Lipinski definition) is 1. The monoisotopic (exact) mass is 352 g/mol. The second kappa shape index (κ2) is 6.93. The van der Waals surface area contributed by atoms with Gasteiger partial charge in [0.25, 0.3) is 0 Å². The SMILES string of the molecule is CCOCc1ccc2c(c1)C(C)(C)c1ccc(N3CCOCC3)cc1N2. The van der Waals surface area contributed by atoms with Crippen LogP contribution >= 0.6 is 0 Å². The van der Waals surface area contributed by atoms with E-state index in [0.29, 0.717) is 6.61 Å². The van der Waals surface area contributed by atoms with Gasteiger partial charge < -0.3 is 19.7 Å². The predicted octanol–water partition coefficient (Wildman–Crippen LogP) is 4.44. The zero-order chi connectivity index (χ0) is 18.1. The summed E-state index contributed by atoms with van der Waals surface area (Å²) in [5.41, 5.74) is 7.55. The molecular formula is C22H28N2O2. The van der Waals surface area contributed by atoms with E-state index in [1.165, 1.54) is 33.8 Å². The average molecular weight is 352 g/mol. The van der Waals surface area contributed by atoms with Gasteiger partial charge in [0.1, 0.15) is 0 Å². The van der Waals surface area contributed by atoms with Crippen LogP contribution < -0.4 is 10.2 Å². The van der Waals surface area contributed by atoms with Gasteiger partial charge in [-0.1, -0.05) is 32.0 Å². The highest BCUT2D eigenvalue weighted by atomic mass is 16.5. The average Bonchev–Trinajstić information content (AvgIpc) is 2.67. The lowest BCUT2D eigenvalue weighted by Gasteiger charge is -2.37. The fraction of sp³-hybridized carbons (Fsp3) is 0.455. The van der Waals surface area contributed by atoms with Crippen molar-refractivity contribution in [3.05, 3.63) is 53.1 Å². The molecule has 2 aliphatic rings. The minimum absolute atomic E-state index is 0.0400. The number of benzene rings is 2. The van der Waals surface area contributed by atoms with Gasteiger partial charge in [0.05, 0.1) is 19.8 Å². The van der Waals surface area contributed by atoms with Gasteiger partial charge in [-0.25, -0.2) is 0 Å². The zero-order valence-corrected chi connectivity index (χ0v) is 16.0. The van der Waals surface area contributed by atoms with E-state index in [4.69, 9.17) is 9.47 Å². The molecular weight excluding hydrogens is 324 g/mol. The highest BCUT2D eigenvalue weighted by molar-refractivity contribution is 5.78. The molecule has 2 heterocycles. The first kappa shape index (κ1) is 17.4. The molecule has 0 radical (unpaired) electrons. The molecule has 0 aromatic heterocycles. The standard InChI is InChI=1S/C22H28N2O2/c1-4-25-15-16-5-8-20-19(13-16)22(2,3)18-7-6-17(14-21(18)23-20)24-9-11-26-12-10-24/h5-8,13-14,23H,4,9-12,15H2,1-3H3. The number of fused-ring (bicyclic) bond motifs is 2. The van der Waals surface area contributed by atoms with Gasteiger partial charge >= 0.3 is 0 Å². The molecule has 1 saturated heterocycles.